The van der Waals surface area contributed by atoms with Gasteiger partial charge in [-0.3, -0.25) is 9.59 Å². The molecule has 350 valence electrons. The van der Waals surface area contributed by atoms with Crippen molar-refractivity contribution in [1.82, 2.24) is 0 Å². The van der Waals surface area contributed by atoms with Gasteiger partial charge in [-0.05, 0) is 79.0 Å². The average Bonchev–Trinajstić information content (AvgIpc) is 3.13. The van der Waals surface area contributed by atoms with E-state index in [4.69, 9.17) is 41.7 Å². The fraction of sp³-hybridized carbons (Fsp3) is 0.702. The molecule has 0 aromatic heterocycles. The van der Waals surface area contributed by atoms with E-state index in [-0.39, 0.29) is 21.7 Å². The Morgan fingerprint density at radius 3 is 1.53 bits per heavy atom. The summed E-state index contributed by atoms with van der Waals surface area (Å²) in [6.07, 6.45) is -7.45. The minimum Gasteiger partial charge on any atom is -0.456 e. The van der Waals surface area contributed by atoms with Crippen LogP contribution in [-0.4, -0.2) is 104 Å². The van der Waals surface area contributed by atoms with Crippen molar-refractivity contribution >= 4 is 48.7 Å². The number of hydrogen-bond acceptors (Lipinski definition) is 12. The van der Waals surface area contributed by atoms with Gasteiger partial charge >= 0.3 is 11.9 Å². The number of carbonyl (C=O) groups is 2. The van der Waals surface area contributed by atoms with Crippen molar-refractivity contribution in [3.63, 3.8) is 0 Å². The molecule has 15 heteroatoms. The Kier molecular flexibility index (Phi) is 17.6. The molecule has 0 spiro atoms. The number of carbonyl (C=O) groups excluding carboxylic acids is 2. The van der Waals surface area contributed by atoms with Gasteiger partial charge in [0, 0.05) is 18.7 Å². The molecule has 0 aliphatic carbocycles. The van der Waals surface area contributed by atoms with Crippen LogP contribution in [0.1, 0.15) is 88.6 Å². The number of benzene rings is 2. The molecule has 10 atom stereocenters. The molecular formula is C47H78O11SSi3. The quantitative estimate of drug-likeness (QED) is 0.118. The lowest BCUT2D eigenvalue weighted by molar-refractivity contribution is -0.329. The summed E-state index contributed by atoms with van der Waals surface area (Å²) in [6, 6.07) is 19.6. The molecule has 2 aromatic rings. The molecule has 4 rings (SSSR count). The SMILES string of the molecule is CC(=O)O[C@@H]1[C@@H](OC(C)=O)[C@H](Sc2ccccc2)O[C@H](COCc2ccccc2)[C@H]1O[C@@H]1O[C@@H](C)[C@H](O[Si](C)(C)C(C)(C)C)[C@@H](O[Si](C)(C)C(C)(C)C)[C@H]1O[Si](C)(C)C(C)(C)C. The largest absolute Gasteiger partial charge is 0.456 e. The molecule has 11 nitrogen and oxygen atoms in total. The Bertz CT molecular complexity index is 1740. The van der Waals surface area contributed by atoms with Crippen molar-refractivity contribution in [3.05, 3.63) is 66.2 Å². The highest BCUT2D eigenvalue weighted by atomic mass is 32.2. The molecule has 2 saturated heterocycles. The van der Waals surface area contributed by atoms with Crippen LogP contribution in [0.3, 0.4) is 0 Å². The first-order chi connectivity index (χ1) is 28.4. The molecule has 0 radical (unpaired) electrons. The standard InChI is InChI=1S/C47H78O11SSi3/c1-31-37(56-60(13,14)45(4,5)6)40(57-61(15,16)46(7,8)9)41(58-62(17,18)47(10,11)12)43(51-31)55-38-36(30-50-29-34-25-21-19-22-26-34)54-44(59-35-27-23-20-24-28-35)42(53-33(3)49)39(38)52-32(2)48/h19-28,31,36-44H,29-30H2,1-18H3/t31-,36+,37-,38+,39-,40+,41+,42+,43-,44-/m0/s1. The fourth-order valence-corrected chi connectivity index (χ4v) is 11.7. The second-order valence-electron chi connectivity index (χ2n) is 21.5. The molecule has 0 unspecified atom stereocenters. The average molecular weight is 935 g/mol. The van der Waals surface area contributed by atoms with E-state index in [9.17, 15) is 9.59 Å². The number of rotatable bonds is 16. The highest BCUT2D eigenvalue weighted by Crippen LogP contribution is 2.47. The first kappa shape index (κ1) is 52.7. The van der Waals surface area contributed by atoms with E-state index in [1.165, 1.54) is 25.6 Å². The van der Waals surface area contributed by atoms with Crippen molar-refractivity contribution in [1.29, 1.82) is 0 Å². The second-order valence-corrected chi connectivity index (χ2v) is 36.9. The summed E-state index contributed by atoms with van der Waals surface area (Å²) < 4.78 is 62.2. The number of hydrogen-bond donors (Lipinski definition) is 0. The Morgan fingerprint density at radius 1 is 0.597 bits per heavy atom. The van der Waals surface area contributed by atoms with Crippen LogP contribution in [-0.2, 0) is 57.9 Å². The summed E-state index contributed by atoms with van der Waals surface area (Å²) in [5.41, 5.74) is 0.189. The van der Waals surface area contributed by atoms with E-state index in [0.29, 0.717) is 6.61 Å². The third kappa shape index (κ3) is 13.6. The number of esters is 2. The van der Waals surface area contributed by atoms with E-state index in [1.54, 1.807) is 0 Å². The van der Waals surface area contributed by atoms with E-state index in [1.807, 2.05) is 67.6 Å². The zero-order valence-electron chi connectivity index (χ0n) is 40.9. The molecule has 2 aliphatic rings. The van der Waals surface area contributed by atoms with E-state index < -0.39 is 97.4 Å². The van der Waals surface area contributed by atoms with Crippen molar-refractivity contribution in [2.24, 2.45) is 0 Å². The van der Waals surface area contributed by atoms with Crippen LogP contribution in [0.25, 0.3) is 0 Å². The van der Waals surface area contributed by atoms with Crippen molar-refractivity contribution in [3.8, 4) is 0 Å². The number of ether oxygens (including phenoxy) is 6. The lowest BCUT2D eigenvalue weighted by Gasteiger charge is -2.55. The van der Waals surface area contributed by atoms with Gasteiger partial charge in [-0.2, -0.15) is 0 Å². The van der Waals surface area contributed by atoms with Gasteiger partial charge in [0.05, 0.1) is 25.4 Å². The molecule has 2 aromatic carbocycles. The monoisotopic (exact) mass is 934 g/mol. The maximum absolute atomic E-state index is 13.2. The van der Waals surface area contributed by atoms with Gasteiger partial charge in [-0.15, -0.1) is 0 Å². The topological polar surface area (TPSA) is 117 Å². The van der Waals surface area contributed by atoms with Crippen molar-refractivity contribution < 1.29 is 51.3 Å². The molecule has 2 aliphatic heterocycles. The Balaban J connectivity index is 1.91. The van der Waals surface area contributed by atoms with Crippen LogP contribution in [0.15, 0.2) is 65.6 Å². The third-order valence-electron chi connectivity index (χ3n) is 13.3. The Morgan fingerprint density at radius 2 is 1.05 bits per heavy atom. The first-order valence-electron chi connectivity index (χ1n) is 22.1. The van der Waals surface area contributed by atoms with Gasteiger partial charge in [0.15, 0.2) is 43.5 Å². The molecule has 0 amide bonds. The smallest absolute Gasteiger partial charge is 0.303 e. The summed E-state index contributed by atoms with van der Waals surface area (Å²) in [7, 11) is -7.53. The summed E-state index contributed by atoms with van der Waals surface area (Å²) >= 11 is 1.37. The molecule has 2 fully saturated rings. The molecule has 62 heavy (non-hydrogen) atoms. The van der Waals surface area contributed by atoms with Crippen LogP contribution >= 0.6 is 11.8 Å². The normalized spacial score (nSPS) is 28.0. The Labute approximate surface area is 380 Å². The van der Waals surface area contributed by atoms with Gasteiger partial charge in [-0.25, -0.2) is 0 Å². The highest BCUT2D eigenvalue weighted by Gasteiger charge is 2.59. The summed E-state index contributed by atoms with van der Waals surface area (Å²) in [6.45, 7) is 38.4. The second kappa shape index (κ2) is 20.7. The van der Waals surface area contributed by atoms with E-state index >= 15 is 0 Å². The third-order valence-corrected chi connectivity index (χ3v) is 27.9. The summed E-state index contributed by atoms with van der Waals surface area (Å²) in [5, 5.41) is -0.432. The predicted octanol–water partition coefficient (Wildman–Crippen LogP) is 10.9. The molecule has 0 saturated carbocycles. The zero-order valence-corrected chi connectivity index (χ0v) is 44.7. The molecule has 0 bridgehead atoms. The van der Waals surface area contributed by atoms with Crippen LogP contribution < -0.4 is 0 Å². The predicted molar refractivity (Wildman–Crippen MR) is 254 cm³/mol. The minimum absolute atomic E-state index is 0.0625. The Hall–Kier alpha value is -1.90. The van der Waals surface area contributed by atoms with Gasteiger partial charge in [0.1, 0.15) is 29.9 Å². The molecular weight excluding hydrogens is 857 g/mol. The van der Waals surface area contributed by atoms with Gasteiger partial charge in [-0.1, -0.05) is 123 Å². The zero-order chi connectivity index (χ0) is 46.6. The van der Waals surface area contributed by atoms with Crippen LogP contribution in [0.5, 0.6) is 0 Å². The molecule has 0 N–H and O–H groups in total. The lowest BCUT2D eigenvalue weighted by atomic mass is 9.97. The lowest BCUT2D eigenvalue weighted by Crippen LogP contribution is -2.69. The van der Waals surface area contributed by atoms with E-state index in [0.717, 1.165) is 10.5 Å². The van der Waals surface area contributed by atoms with Gasteiger partial charge in [0.2, 0.25) is 0 Å². The van der Waals surface area contributed by atoms with Crippen molar-refractivity contribution in [2.45, 2.75) is 210 Å². The van der Waals surface area contributed by atoms with Crippen LogP contribution in [0, 0.1) is 0 Å². The van der Waals surface area contributed by atoms with Gasteiger partial charge < -0.3 is 41.7 Å². The maximum atomic E-state index is 13.2. The maximum Gasteiger partial charge on any atom is 0.303 e. The van der Waals surface area contributed by atoms with Crippen LogP contribution in [0.4, 0.5) is 0 Å². The summed E-state index contributed by atoms with van der Waals surface area (Å²) in [4.78, 5) is 26.9. The minimum atomic E-state index is -2.60. The molecule has 2 heterocycles. The number of thioether (sulfide) groups is 1. The van der Waals surface area contributed by atoms with Crippen molar-refractivity contribution in [2.75, 3.05) is 6.61 Å². The van der Waals surface area contributed by atoms with Crippen LogP contribution in [0.2, 0.25) is 54.4 Å². The highest BCUT2D eigenvalue weighted by molar-refractivity contribution is 7.99. The van der Waals surface area contributed by atoms with E-state index in [2.05, 4.69) is 102 Å². The summed E-state index contributed by atoms with van der Waals surface area (Å²) in [5.74, 6) is -1.12. The van der Waals surface area contributed by atoms with Gasteiger partial charge in [0.25, 0.3) is 0 Å². The first-order valence-corrected chi connectivity index (χ1v) is 31.7. The fourth-order valence-electron chi connectivity index (χ4n) is 6.63.